The van der Waals surface area contributed by atoms with Crippen LogP contribution in [0.1, 0.15) is 60.4 Å². The highest BCUT2D eigenvalue weighted by Crippen LogP contribution is 2.43. The van der Waals surface area contributed by atoms with E-state index in [0.29, 0.717) is 16.8 Å². The Balaban J connectivity index is 1.32. The molecule has 0 spiro atoms. The van der Waals surface area contributed by atoms with Gasteiger partial charge in [-0.05, 0) is 67.0 Å². The molecule has 2 aromatic heterocycles. The summed E-state index contributed by atoms with van der Waals surface area (Å²) in [6.45, 7) is 0.458. The van der Waals surface area contributed by atoms with Crippen LogP contribution in [0.2, 0.25) is 5.02 Å². The molecule has 6 rings (SSSR count). The summed E-state index contributed by atoms with van der Waals surface area (Å²) in [4.78, 5) is 0. The Hall–Kier alpha value is -2.33. The topological polar surface area (TPSA) is 81.0 Å². The first kappa shape index (κ1) is 22.2. The summed E-state index contributed by atoms with van der Waals surface area (Å²) in [6, 6.07) is 14.1. The van der Waals surface area contributed by atoms with E-state index in [2.05, 4.69) is 39.0 Å². The Kier molecular flexibility index (Phi) is 5.48. The van der Waals surface area contributed by atoms with Crippen molar-refractivity contribution in [2.75, 3.05) is 6.26 Å². The van der Waals surface area contributed by atoms with Gasteiger partial charge in [0.15, 0.2) is 5.82 Å². The Morgan fingerprint density at radius 1 is 1.00 bits per heavy atom. The van der Waals surface area contributed by atoms with Crippen LogP contribution in [0.5, 0.6) is 0 Å². The second-order valence-corrected chi connectivity index (χ2v) is 12.5. The molecule has 1 aliphatic heterocycles. The van der Waals surface area contributed by atoms with Crippen molar-refractivity contribution in [2.45, 2.75) is 50.6 Å². The van der Waals surface area contributed by atoms with Crippen LogP contribution in [0.3, 0.4) is 0 Å². The molecule has 10 heteroatoms. The molecule has 1 fully saturated rings. The van der Waals surface area contributed by atoms with Gasteiger partial charge in [-0.2, -0.15) is 8.68 Å². The van der Waals surface area contributed by atoms with Crippen molar-refractivity contribution in [3.8, 4) is 5.69 Å². The van der Waals surface area contributed by atoms with E-state index in [1.54, 1.807) is 11.5 Å². The number of sulfonamides is 1. The zero-order valence-corrected chi connectivity index (χ0v) is 21.1. The first-order valence-electron chi connectivity index (χ1n) is 11.4. The van der Waals surface area contributed by atoms with Gasteiger partial charge >= 0.3 is 0 Å². The average Bonchev–Trinajstić information content (AvgIpc) is 3.39. The van der Waals surface area contributed by atoms with Crippen molar-refractivity contribution < 1.29 is 8.42 Å². The fourth-order valence-corrected chi connectivity index (χ4v) is 7.09. The lowest BCUT2D eigenvalue weighted by Crippen LogP contribution is -2.28. The van der Waals surface area contributed by atoms with Crippen molar-refractivity contribution in [1.29, 1.82) is 0 Å². The van der Waals surface area contributed by atoms with Crippen molar-refractivity contribution in [3.05, 3.63) is 70.4 Å². The minimum atomic E-state index is -3.41. The molecule has 0 unspecified atom stereocenters. The van der Waals surface area contributed by atoms with Gasteiger partial charge in [-0.25, -0.2) is 8.42 Å². The molecule has 2 aromatic carbocycles. The minimum absolute atomic E-state index is 0.193. The van der Waals surface area contributed by atoms with Crippen molar-refractivity contribution in [3.63, 3.8) is 0 Å². The first-order chi connectivity index (χ1) is 16.4. The molecule has 176 valence electrons. The number of hydrogen-bond acceptors (Lipinski definition) is 6. The van der Waals surface area contributed by atoms with E-state index in [4.69, 9.17) is 16.0 Å². The van der Waals surface area contributed by atoms with Crippen LogP contribution >= 0.6 is 23.1 Å². The summed E-state index contributed by atoms with van der Waals surface area (Å²) < 4.78 is 34.4. The average molecular weight is 514 g/mol. The molecule has 0 radical (unpaired) electrons. The standard InChI is InChI=1S/C24H24ClN5O2S2/c1-34(31,32)29-13-17-12-18(25)10-11-20(17)30-22(14-29)26-27-24(30)16-8-6-15(7-9-16)23-19-4-2-3-5-21(19)33-28-23/h2-5,10-12,15-16H,6-9,13-14H2,1H3. The monoisotopic (exact) mass is 513 g/mol. The van der Waals surface area contributed by atoms with E-state index in [1.165, 1.54) is 26.3 Å². The van der Waals surface area contributed by atoms with Gasteiger partial charge in [-0.15, -0.1) is 10.2 Å². The predicted octanol–water partition coefficient (Wildman–Crippen LogP) is 5.25. The van der Waals surface area contributed by atoms with Crippen LogP contribution in [0.25, 0.3) is 15.8 Å². The number of benzene rings is 2. The SMILES string of the molecule is CS(=O)(=O)N1Cc2cc(Cl)ccc2-n2c(nnc2C2CCC(c3nsc4ccccc34)CC2)C1. The second-order valence-electron chi connectivity index (χ2n) is 9.23. The van der Waals surface area contributed by atoms with E-state index >= 15 is 0 Å². The van der Waals surface area contributed by atoms with Crippen LogP contribution < -0.4 is 0 Å². The maximum Gasteiger partial charge on any atom is 0.211 e. The Labute approximate surface area is 207 Å². The zero-order valence-electron chi connectivity index (χ0n) is 18.7. The lowest BCUT2D eigenvalue weighted by molar-refractivity contribution is 0.379. The van der Waals surface area contributed by atoms with Crippen molar-refractivity contribution >= 4 is 43.2 Å². The highest BCUT2D eigenvalue weighted by Gasteiger charge is 2.33. The molecule has 0 N–H and O–H groups in total. The number of fused-ring (bicyclic) bond motifs is 4. The van der Waals surface area contributed by atoms with Gasteiger partial charge in [-0.3, -0.25) is 4.57 Å². The van der Waals surface area contributed by atoms with E-state index in [-0.39, 0.29) is 19.0 Å². The highest BCUT2D eigenvalue weighted by molar-refractivity contribution is 7.88. The largest absolute Gasteiger partial charge is 0.281 e. The third-order valence-corrected chi connectivity index (χ3v) is 9.33. The third-order valence-electron chi connectivity index (χ3n) is 7.06. The van der Waals surface area contributed by atoms with Gasteiger partial charge in [0.1, 0.15) is 5.82 Å². The maximum atomic E-state index is 12.4. The molecule has 1 aliphatic carbocycles. The molecule has 0 atom stereocenters. The summed E-state index contributed by atoms with van der Waals surface area (Å²) in [5.41, 5.74) is 3.00. The fraction of sp³-hybridized carbons (Fsp3) is 0.375. The fourth-order valence-electron chi connectivity index (χ4n) is 5.32. The maximum absolute atomic E-state index is 12.4. The normalized spacial score (nSPS) is 21.2. The summed E-state index contributed by atoms with van der Waals surface area (Å²) in [6.07, 6.45) is 5.31. The third kappa shape index (κ3) is 3.84. The van der Waals surface area contributed by atoms with Crippen LogP contribution in [0, 0.1) is 0 Å². The van der Waals surface area contributed by atoms with Crippen LogP contribution in [0.15, 0.2) is 42.5 Å². The van der Waals surface area contributed by atoms with E-state index in [9.17, 15) is 8.42 Å². The summed E-state index contributed by atoms with van der Waals surface area (Å²) in [5.74, 6) is 2.27. The molecule has 34 heavy (non-hydrogen) atoms. The van der Waals surface area contributed by atoms with Gasteiger partial charge < -0.3 is 0 Å². The molecule has 0 bridgehead atoms. The van der Waals surface area contributed by atoms with E-state index < -0.39 is 10.0 Å². The number of nitrogens with zero attached hydrogens (tertiary/aromatic N) is 5. The predicted molar refractivity (Wildman–Crippen MR) is 134 cm³/mol. The van der Waals surface area contributed by atoms with Crippen LogP contribution in [-0.2, 0) is 23.1 Å². The molecule has 1 saturated carbocycles. The van der Waals surface area contributed by atoms with E-state index in [0.717, 1.165) is 42.8 Å². The second kappa shape index (κ2) is 8.41. The molecule has 4 aromatic rings. The molecule has 3 heterocycles. The molecular weight excluding hydrogens is 490 g/mol. The van der Waals surface area contributed by atoms with Gasteiger partial charge in [0.05, 0.1) is 28.9 Å². The Bertz CT molecular complexity index is 1490. The van der Waals surface area contributed by atoms with E-state index in [1.807, 2.05) is 18.2 Å². The highest BCUT2D eigenvalue weighted by atomic mass is 35.5. The minimum Gasteiger partial charge on any atom is -0.281 e. The number of aromatic nitrogens is 4. The number of hydrogen-bond donors (Lipinski definition) is 0. The summed E-state index contributed by atoms with van der Waals surface area (Å²) >= 11 is 7.86. The molecule has 2 aliphatic rings. The molecular formula is C24H24ClN5O2S2. The number of halogens is 1. The number of rotatable bonds is 3. The van der Waals surface area contributed by atoms with Gasteiger partial charge in [0.25, 0.3) is 0 Å². The summed E-state index contributed by atoms with van der Waals surface area (Å²) in [5, 5.41) is 10.9. The van der Waals surface area contributed by atoms with Crippen molar-refractivity contribution in [1.82, 2.24) is 23.4 Å². The zero-order chi connectivity index (χ0) is 23.4. The lowest BCUT2D eigenvalue weighted by atomic mass is 9.79. The van der Waals surface area contributed by atoms with Gasteiger partial charge in [0, 0.05) is 28.8 Å². The van der Waals surface area contributed by atoms with Gasteiger partial charge in [-0.1, -0.05) is 29.8 Å². The smallest absolute Gasteiger partial charge is 0.211 e. The molecule has 0 amide bonds. The molecule has 7 nitrogen and oxygen atoms in total. The Morgan fingerprint density at radius 2 is 1.76 bits per heavy atom. The lowest BCUT2D eigenvalue weighted by Gasteiger charge is -2.28. The van der Waals surface area contributed by atoms with Crippen LogP contribution in [-0.4, -0.2) is 38.1 Å². The Morgan fingerprint density at radius 3 is 2.56 bits per heavy atom. The summed E-state index contributed by atoms with van der Waals surface area (Å²) in [7, 11) is -3.41. The van der Waals surface area contributed by atoms with Gasteiger partial charge in [0.2, 0.25) is 10.0 Å². The quantitative estimate of drug-likeness (QED) is 0.374. The van der Waals surface area contributed by atoms with Crippen LogP contribution in [0.4, 0.5) is 0 Å². The van der Waals surface area contributed by atoms with Crippen molar-refractivity contribution in [2.24, 2.45) is 0 Å². The first-order valence-corrected chi connectivity index (χ1v) is 14.4. The molecule has 0 saturated heterocycles.